The molecule has 0 bridgehead atoms. The molecule has 0 unspecified atom stereocenters. The summed E-state index contributed by atoms with van der Waals surface area (Å²) in [6, 6.07) is 5.32. The van der Waals surface area contributed by atoms with Gasteiger partial charge in [0.1, 0.15) is 11.3 Å². The second kappa shape index (κ2) is 6.63. The molecule has 3 rings (SSSR count). The van der Waals surface area contributed by atoms with Crippen LogP contribution in [0.2, 0.25) is 0 Å². The highest BCUT2D eigenvalue weighted by molar-refractivity contribution is 6.07. The molecule has 0 aliphatic rings. The molecule has 3 aromatic rings. The van der Waals surface area contributed by atoms with Crippen molar-refractivity contribution in [3.63, 3.8) is 0 Å². The lowest BCUT2D eigenvalue weighted by Gasteiger charge is -2.12. The van der Waals surface area contributed by atoms with Crippen LogP contribution >= 0.6 is 0 Å². The molecule has 0 radical (unpaired) electrons. The van der Waals surface area contributed by atoms with Gasteiger partial charge in [0.2, 0.25) is 0 Å². The Labute approximate surface area is 146 Å². The van der Waals surface area contributed by atoms with Crippen molar-refractivity contribution in [1.29, 1.82) is 0 Å². The van der Waals surface area contributed by atoms with Crippen LogP contribution in [0.1, 0.15) is 42.5 Å². The lowest BCUT2D eigenvalue weighted by molar-refractivity contribution is 0.102. The SMILES string of the molecule is CCn1nc(C)c(NC(=O)c2cc(OC(C)C)c3ccoc3c2)c1C. The van der Waals surface area contributed by atoms with Gasteiger partial charge in [-0.1, -0.05) is 0 Å². The van der Waals surface area contributed by atoms with Crippen molar-refractivity contribution in [2.24, 2.45) is 0 Å². The van der Waals surface area contributed by atoms with Crippen molar-refractivity contribution in [3.8, 4) is 5.75 Å². The highest BCUT2D eigenvalue weighted by Gasteiger charge is 2.17. The zero-order valence-corrected chi connectivity index (χ0v) is 15.2. The fourth-order valence-corrected chi connectivity index (χ4v) is 2.89. The molecular weight excluding hydrogens is 318 g/mol. The molecule has 2 aromatic heterocycles. The molecule has 2 heterocycles. The quantitative estimate of drug-likeness (QED) is 0.751. The van der Waals surface area contributed by atoms with E-state index >= 15 is 0 Å². The third-order valence-corrected chi connectivity index (χ3v) is 4.08. The predicted octanol–water partition coefficient (Wildman–Crippen LogP) is 4.31. The van der Waals surface area contributed by atoms with Gasteiger partial charge >= 0.3 is 0 Å². The Bertz CT molecular complexity index is 922. The summed E-state index contributed by atoms with van der Waals surface area (Å²) in [7, 11) is 0. The van der Waals surface area contributed by atoms with Crippen LogP contribution in [0, 0.1) is 13.8 Å². The maximum Gasteiger partial charge on any atom is 0.256 e. The minimum absolute atomic E-state index is 0.00341. The lowest BCUT2D eigenvalue weighted by atomic mass is 10.1. The highest BCUT2D eigenvalue weighted by Crippen LogP contribution is 2.30. The summed E-state index contributed by atoms with van der Waals surface area (Å²) in [6.45, 7) is 10.5. The van der Waals surface area contributed by atoms with Gasteiger partial charge in [-0.2, -0.15) is 5.10 Å². The number of benzene rings is 1. The molecule has 0 aliphatic carbocycles. The Balaban J connectivity index is 1.96. The van der Waals surface area contributed by atoms with E-state index in [9.17, 15) is 4.79 Å². The molecule has 0 fully saturated rings. The molecule has 0 saturated carbocycles. The monoisotopic (exact) mass is 341 g/mol. The number of carbonyl (C=O) groups is 1. The average molecular weight is 341 g/mol. The van der Waals surface area contributed by atoms with Crippen LogP contribution in [-0.4, -0.2) is 21.8 Å². The molecule has 1 N–H and O–H groups in total. The average Bonchev–Trinajstić information content (AvgIpc) is 3.13. The van der Waals surface area contributed by atoms with Crippen molar-refractivity contribution in [1.82, 2.24) is 9.78 Å². The number of nitrogens with one attached hydrogen (secondary N) is 1. The Morgan fingerprint density at radius 3 is 2.76 bits per heavy atom. The number of aryl methyl sites for hydroxylation is 2. The van der Waals surface area contributed by atoms with E-state index in [0.717, 1.165) is 29.0 Å². The summed E-state index contributed by atoms with van der Waals surface area (Å²) in [5.41, 5.74) is 3.59. The van der Waals surface area contributed by atoms with Crippen molar-refractivity contribution in [3.05, 3.63) is 41.4 Å². The van der Waals surface area contributed by atoms with Crippen molar-refractivity contribution in [2.75, 3.05) is 5.32 Å². The highest BCUT2D eigenvalue weighted by atomic mass is 16.5. The summed E-state index contributed by atoms with van der Waals surface area (Å²) in [4.78, 5) is 12.8. The summed E-state index contributed by atoms with van der Waals surface area (Å²) < 4.78 is 13.2. The van der Waals surface area contributed by atoms with Crippen LogP contribution < -0.4 is 10.1 Å². The van der Waals surface area contributed by atoms with Crippen molar-refractivity contribution >= 4 is 22.6 Å². The number of hydrogen-bond acceptors (Lipinski definition) is 4. The number of nitrogens with zero attached hydrogens (tertiary/aromatic N) is 2. The number of hydrogen-bond donors (Lipinski definition) is 1. The minimum atomic E-state index is -0.214. The minimum Gasteiger partial charge on any atom is -0.490 e. The van der Waals surface area contributed by atoms with E-state index in [1.165, 1.54) is 0 Å². The predicted molar refractivity (Wildman–Crippen MR) is 97.3 cm³/mol. The van der Waals surface area contributed by atoms with Gasteiger partial charge in [-0.25, -0.2) is 0 Å². The van der Waals surface area contributed by atoms with E-state index in [4.69, 9.17) is 9.15 Å². The Hall–Kier alpha value is -2.76. The van der Waals surface area contributed by atoms with Gasteiger partial charge in [0.25, 0.3) is 5.91 Å². The van der Waals surface area contributed by atoms with Crippen LogP contribution in [0.15, 0.2) is 28.9 Å². The number of furan rings is 1. The van der Waals surface area contributed by atoms with Gasteiger partial charge in [0, 0.05) is 12.1 Å². The first-order chi connectivity index (χ1) is 11.9. The van der Waals surface area contributed by atoms with Crippen LogP contribution in [0.5, 0.6) is 5.75 Å². The molecule has 0 saturated heterocycles. The number of carbonyl (C=O) groups excluding carboxylic acids is 1. The van der Waals surface area contributed by atoms with E-state index in [1.807, 2.05) is 45.4 Å². The first-order valence-electron chi connectivity index (χ1n) is 8.44. The zero-order valence-electron chi connectivity index (χ0n) is 15.2. The summed E-state index contributed by atoms with van der Waals surface area (Å²) in [6.07, 6.45) is 1.60. The first-order valence-corrected chi connectivity index (χ1v) is 8.44. The van der Waals surface area contributed by atoms with Crippen LogP contribution in [0.25, 0.3) is 11.0 Å². The number of fused-ring (bicyclic) bond motifs is 1. The summed E-state index contributed by atoms with van der Waals surface area (Å²) in [5, 5.41) is 8.26. The zero-order chi connectivity index (χ0) is 18.1. The van der Waals surface area contributed by atoms with E-state index in [0.29, 0.717) is 16.9 Å². The van der Waals surface area contributed by atoms with Crippen LogP contribution in [0.3, 0.4) is 0 Å². The summed E-state index contributed by atoms with van der Waals surface area (Å²) >= 11 is 0. The maximum absolute atomic E-state index is 12.8. The second-order valence-corrected chi connectivity index (χ2v) is 6.29. The molecule has 0 spiro atoms. The van der Waals surface area contributed by atoms with Gasteiger partial charge in [-0.3, -0.25) is 9.48 Å². The van der Waals surface area contributed by atoms with E-state index in [1.54, 1.807) is 18.4 Å². The second-order valence-electron chi connectivity index (χ2n) is 6.29. The number of ether oxygens (including phenoxy) is 1. The van der Waals surface area contributed by atoms with E-state index in [-0.39, 0.29) is 12.0 Å². The first kappa shape index (κ1) is 17.1. The van der Waals surface area contributed by atoms with E-state index < -0.39 is 0 Å². The molecule has 0 atom stereocenters. The van der Waals surface area contributed by atoms with Gasteiger partial charge in [0.15, 0.2) is 0 Å². The normalized spacial score (nSPS) is 11.3. The fourth-order valence-electron chi connectivity index (χ4n) is 2.89. The smallest absolute Gasteiger partial charge is 0.256 e. The molecular formula is C19H23N3O3. The third kappa shape index (κ3) is 3.24. The van der Waals surface area contributed by atoms with Gasteiger partial charge in [0.05, 0.1) is 34.8 Å². The molecule has 1 aromatic carbocycles. The Morgan fingerprint density at radius 1 is 1.36 bits per heavy atom. The number of rotatable bonds is 5. The molecule has 0 aliphatic heterocycles. The van der Waals surface area contributed by atoms with Gasteiger partial charge < -0.3 is 14.5 Å². The molecule has 1 amide bonds. The molecule has 6 heteroatoms. The van der Waals surface area contributed by atoms with Crippen LogP contribution in [0.4, 0.5) is 5.69 Å². The van der Waals surface area contributed by atoms with Crippen molar-refractivity contribution in [2.45, 2.75) is 47.3 Å². The largest absolute Gasteiger partial charge is 0.490 e. The number of amides is 1. The molecule has 6 nitrogen and oxygen atoms in total. The van der Waals surface area contributed by atoms with E-state index in [2.05, 4.69) is 10.4 Å². The Kier molecular flexibility index (Phi) is 4.53. The summed E-state index contributed by atoms with van der Waals surface area (Å²) in [5.74, 6) is 0.429. The maximum atomic E-state index is 12.8. The van der Waals surface area contributed by atoms with Crippen LogP contribution in [-0.2, 0) is 6.54 Å². The van der Waals surface area contributed by atoms with Gasteiger partial charge in [-0.05, 0) is 52.8 Å². The Morgan fingerprint density at radius 2 is 2.12 bits per heavy atom. The fraction of sp³-hybridized carbons (Fsp3) is 0.368. The molecule has 25 heavy (non-hydrogen) atoms. The number of anilines is 1. The molecule has 132 valence electrons. The lowest BCUT2D eigenvalue weighted by Crippen LogP contribution is -2.14. The van der Waals surface area contributed by atoms with Gasteiger partial charge in [-0.15, -0.1) is 0 Å². The standard InChI is InChI=1S/C19H23N3O3/c1-6-22-13(5)18(12(4)21-22)20-19(23)14-9-16-15(7-8-24-16)17(10-14)25-11(2)3/h7-11H,6H2,1-5H3,(H,20,23). The van der Waals surface area contributed by atoms with Crippen molar-refractivity contribution < 1.29 is 13.9 Å². The third-order valence-electron chi connectivity index (χ3n) is 4.08. The number of aromatic nitrogens is 2. The topological polar surface area (TPSA) is 69.3 Å².